The Labute approximate surface area is 168 Å². The van der Waals surface area contributed by atoms with Gasteiger partial charge in [-0.1, -0.05) is 18.2 Å². The van der Waals surface area contributed by atoms with Gasteiger partial charge >= 0.3 is 0 Å². The van der Waals surface area contributed by atoms with Crippen LogP contribution < -0.4 is 10.6 Å². The maximum Gasteiger partial charge on any atom is 0.268 e. The number of rotatable bonds is 5. The van der Waals surface area contributed by atoms with Gasteiger partial charge in [-0.05, 0) is 62.7 Å². The predicted molar refractivity (Wildman–Crippen MR) is 110 cm³/mol. The Morgan fingerprint density at radius 1 is 1.14 bits per heavy atom. The number of anilines is 1. The van der Waals surface area contributed by atoms with Crippen LogP contribution in [0.4, 0.5) is 14.5 Å². The minimum atomic E-state index is -4.01. The number of hydrogen-bond acceptors (Lipinski definition) is 4. The van der Waals surface area contributed by atoms with Gasteiger partial charge in [-0.25, -0.2) is 21.2 Å². The molecule has 0 aliphatic carbocycles. The summed E-state index contributed by atoms with van der Waals surface area (Å²) in [6.07, 6.45) is 0.0221. The van der Waals surface area contributed by atoms with Crippen molar-refractivity contribution in [3.05, 3.63) is 59.8 Å². The van der Waals surface area contributed by atoms with Crippen molar-refractivity contribution in [2.75, 3.05) is 18.4 Å². The molecule has 0 atom stereocenters. The molecule has 8 heteroatoms. The molecule has 0 amide bonds. The third-order valence-corrected chi connectivity index (χ3v) is 6.97. The summed E-state index contributed by atoms with van der Waals surface area (Å²) in [6, 6.07) is 11.6. The number of fused-ring (bicyclic) bond motifs is 1. The molecule has 5 nitrogen and oxygen atoms in total. The average molecular weight is 419 g/mol. The molecule has 154 valence electrons. The van der Waals surface area contributed by atoms with Crippen LogP contribution in [0.1, 0.15) is 30.4 Å². The van der Waals surface area contributed by atoms with E-state index in [1.165, 1.54) is 6.07 Å². The Morgan fingerprint density at radius 2 is 1.86 bits per heavy atom. The van der Waals surface area contributed by atoms with E-state index < -0.39 is 16.4 Å². The molecule has 2 N–H and O–H groups in total. The topological polar surface area (TPSA) is 63.1 Å². The minimum Gasteiger partial charge on any atom is -0.382 e. The fourth-order valence-corrected chi connectivity index (χ4v) is 5.32. The molecule has 0 spiro atoms. The lowest BCUT2D eigenvalue weighted by Gasteiger charge is -2.25. The maximum atomic E-state index is 13.9. The van der Waals surface area contributed by atoms with E-state index in [1.54, 1.807) is 43.3 Å². The van der Waals surface area contributed by atoms with Crippen molar-refractivity contribution in [3.63, 3.8) is 0 Å². The van der Waals surface area contributed by atoms with Gasteiger partial charge in [0.25, 0.3) is 16.4 Å². The number of alkyl halides is 2. The average Bonchev–Trinajstić information content (AvgIpc) is 3.11. The number of halogens is 2. The SMILES string of the molecule is Cc1cccc(S(=O)(=O)n2cc(C(F)F)c3c(NC4CCNCC4)cccc32)c1. The van der Waals surface area contributed by atoms with Crippen LogP contribution in [0.5, 0.6) is 0 Å². The van der Waals surface area contributed by atoms with Crippen molar-refractivity contribution in [2.24, 2.45) is 0 Å². The first-order valence-corrected chi connectivity index (χ1v) is 11.0. The predicted octanol–water partition coefficient (Wildman–Crippen LogP) is 4.29. The van der Waals surface area contributed by atoms with Gasteiger partial charge in [0.05, 0.1) is 10.4 Å². The molecule has 29 heavy (non-hydrogen) atoms. The highest BCUT2D eigenvalue weighted by Gasteiger charge is 2.26. The molecular formula is C21H23F2N3O2S. The summed E-state index contributed by atoms with van der Waals surface area (Å²) in [4.78, 5) is 0.0759. The maximum absolute atomic E-state index is 13.9. The molecular weight excluding hydrogens is 396 g/mol. The standard InChI is InChI=1S/C21H23F2N3O2S/c1-14-4-2-5-16(12-14)29(27,28)26-13-17(21(22)23)20-18(6-3-7-19(20)26)25-15-8-10-24-11-9-15/h2-7,12-13,15,21,24-25H,8-11H2,1H3. The Morgan fingerprint density at radius 3 is 2.55 bits per heavy atom. The first kappa shape index (κ1) is 19.8. The van der Waals surface area contributed by atoms with Crippen molar-refractivity contribution < 1.29 is 17.2 Å². The Balaban J connectivity index is 1.87. The zero-order chi connectivity index (χ0) is 20.6. The number of piperidine rings is 1. The van der Waals surface area contributed by atoms with Crippen molar-refractivity contribution in [3.8, 4) is 0 Å². The second-order valence-electron chi connectivity index (χ2n) is 7.37. The lowest BCUT2D eigenvalue weighted by molar-refractivity contribution is 0.153. The first-order valence-electron chi connectivity index (χ1n) is 9.59. The quantitative estimate of drug-likeness (QED) is 0.648. The summed E-state index contributed by atoms with van der Waals surface area (Å²) in [5.74, 6) is 0. The molecule has 1 aliphatic rings. The van der Waals surface area contributed by atoms with Crippen LogP contribution in [-0.2, 0) is 10.0 Å². The van der Waals surface area contributed by atoms with E-state index in [0.717, 1.165) is 41.7 Å². The molecule has 4 rings (SSSR count). The highest BCUT2D eigenvalue weighted by molar-refractivity contribution is 7.90. The molecule has 0 radical (unpaired) electrons. The first-order chi connectivity index (χ1) is 13.9. The molecule has 2 aromatic carbocycles. The molecule has 2 heterocycles. The molecule has 0 saturated carbocycles. The summed E-state index contributed by atoms with van der Waals surface area (Å²) in [5, 5.41) is 6.88. The van der Waals surface area contributed by atoms with E-state index in [1.807, 2.05) is 0 Å². The zero-order valence-corrected chi connectivity index (χ0v) is 16.8. The summed E-state index contributed by atoms with van der Waals surface area (Å²) >= 11 is 0. The lowest BCUT2D eigenvalue weighted by Crippen LogP contribution is -2.35. The number of nitrogens with zero attached hydrogens (tertiary/aromatic N) is 1. The Bertz CT molecular complexity index is 1140. The van der Waals surface area contributed by atoms with Gasteiger partial charge in [0, 0.05) is 28.9 Å². The summed E-state index contributed by atoms with van der Waals surface area (Å²) in [5.41, 5.74) is 1.29. The van der Waals surface area contributed by atoms with Crippen molar-refractivity contribution in [1.82, 2.24) is 9.29 Å². The van der Waals surface area contributed by atoms with E-state index in [-0.39, 0.29) is 27.4 Å². The molecule has 1 aromatic heterocycles. The second-order valence-corrected chi connectivity index (χ2v) is 9.19. The van der Waals surface area contributed by atoms with Crippen LogP contribution in [0.25, 0.3) is 10.9 Å². The van der Waals surface area contributed by atoms with E-state index in [9.17, 15) is 17.2 Å². The van der Waals surface area contributed by atoms with E-state index >= 15 is 0 Å². The summed E-state index contributed by atoms with van der Waals surface area (Å²) in [6.45, 7) is 3.51. The van der Waals surface area contributed by atoms with E-state index in [0.29, 0.717) is 5.69 Å². The van der Waals surface area contributed by atoms with Crippen LogP contribution >= 0.6 is 0 Å². The zero-order valence-electron chi connectivity index (χ0n) is 16.0. The highest BCUT2D eigenvalue weighted by Crippen LogP contribution is 2.37. The van der Waals surface area contributed by atoms with Crippen molar-refractivity contribution in [2.45, 2.75) is 37.1 Å². The molecule has 3 aromatic rings. The van der Waals surface area contributed by atoms with E-state index in [4.69, 9.17) is 0 Å². The van der Waals surface area contributed by atoms with Gasteiger partial charge in [-0.15, -0.1) is 0 Å². The van der Waals surface area contributed by atoms with Gasteiger partial charge in [-0.3, -0.25) is 0 Å². The van der Waals surface area contributed by atoms with Crippen LogP contribution in [-0.4, -0.2) is 31.5 Å². The normalized spacial score (nSPS) is 15.9. The molecule has 1 fully saturated rings. The Kier molecular flexibility index (Phi) is 5.31. The fraction of sp³-hybridized carbons (Fsp3) is 0.333. The fourth-order valence-electron chi connectivity index (χ4n) is 3.85. The molecule has 1 aliphatic heterocycles. The number of benzene rings is 2. The lowest BCUT2D eigenvalue weighted by atomic mass is 10.0. The number of nitrogens with one attached hydrogen (secondary N) is 2. The van der Waals surface area contributed by atoms with Gasteiger partial charge in [0.15, 0.2) is 0 Å². The number of hydrogen-bond donors (Lipinski definition) is 2. The Hall–Kier alpha value is -2.45. The van der Waals surface area contributed by atoms with Crippen LogP contribution in [0.15, 0.2) is 53.6 Å². The van der Waals surface area contributed by atoms with E-state index in [2.05, 4.69) is 10.6 Å². The highest BCUT2D eigenvalue weighted by atomic mass is 32.2. The van der Waals surface area contributed by atoms with Crippen LogP contribution in [0.2, 0.25) is 0 Å². The monoisotopic (exact) mass is 419 g/mol. The molecule has 0 bridgehead atoms. The second kappa shape index (κ2) is 7.76. The number of aryl methyl sites for hydroxylation is 1. The van der Waals surface area contributed by atoms with Gasteiger partial charge in [0.1, 0.15) is 0 Å². The molecule has 1 saturated heterocycles. The van der Waals surface area contributed by atoms with Crippen LogP contribution in [0, 0.1) is 6.92 Å². The summed E-state index contributed by atoms with van der Waals surface area (Å²) < 4.78 is 55.2. The number of aromatic nitrogens is 1. The minimum absolute atomic E-state index is 0.0759. The summed E-state index contributed by atoms with van der Waals surface area (Å²) in [7, 11) is -4.01. The smallest absolute Gasteiger partial charge is 0.268 e. The molecule has 0 unspecified atom stereocenters. The largest absolute Gasteiger partial charge is 0.382 e. The third kappa shape index (κ3) is 3.74. The third-order valence-electron chi connectivity index (χ3n) is 5.31. The van der Waals surface area contributed by atoms with Crippen LogP contribution in [0.3, 0.4) is 0 Å². The van der Waals surface area contributed by atoms with Gasteiger partial charge in [0.2, 0.25) is 0 Å². The van der Waals surface area contributed by atoms with Gasteiger partial charge in [-0.2, -0.15) is 0 Å². The van der Waals surface area contributed by atoms with Crippen molar-refractivity contribution in [1.29, 1.82) is 0 Å². The van der Waals surface area contributed by atoms with Crippen molar-refractivity contribution >= 4 is 26.6 Å². The van der Waals surface area contributed by atoms with Gasteiger partial charge < -0.3 is 10.6 Å².